The molecule has 0 spiro atoms. The van der Waals surface area contributed by atoms with Gasteiger partial charge in [0.25, 0.3) is 0 Å². The number of aromatic carboxylic acids is 1. The van der Waals surface area contributed by atoms with Gasteiger partial charge in [0, 0.05) is 19.8 Å². The molecule has 2 aromatic carbocycles. The summed E-state index contributed by atoms with van der Waals surface area (Å²) in [7, 11) is 0. The smallest absolute Gasteiger partial charge is 0.335 e. The van der Waals surface area contributed by atoms with Crippen molar-refractivity contribution in [1.29, 1.82) is 0 Å². The van der Waals surface area contributed by atoms with Crippen molar-refractivity contribution >= 4 is 11.9 Å². The number of hydrogen-bond donors (Lipinski definition) is 2. The van der Waals surface area contributed by atoms with E-state index in [-0.39, 0.29) is 24.0 Å². The molecular weight excluding hydrogens is 358 g/mol. The third-order valence-electron chi connectivity index (χ3n) is 4.71. The summed E-state index contributed by atoms with van der Waals surface area (Å²) in [6.07, 6.45) is 2.31. The van der Waals surface area contributed by atoms with Gasteiger partial charge in [-0.05, 0) is 41.7 Å². The number of benzene rings is 2. The molecule has 6 heteroatoms. The monoisotopic (exact) mass is 383 g/mol. The van der Waals surface area contributed by atoms with E-state index in [1.807, 2.05) is 24.3 Å². The number of carbonyl (C=O) groups excluding carboxylic acids is 1. The van der Waals surface area contributed by atoms with Crippen LogP contribution in [0.15, 0.2) is 48.5 Å². The van der Waals surface area contributed by atoms with Gasteiger partial charge in [0.05, 0.1) is 24.7 Å². The second kappa shape index (κ2) is 10.0. The molecule has 2 aromatic rings. The third kappa shape index (κ3) is 6.18. The molecule has 1 aliphatic heterocycles. The molecule has 0 saturated carbocycles. The molecule has 1 fully saturated rings. The fraction of sp³-hybridized carbons (Fsp3) is 0.364. The molecule has 1 heterocycles. The standard InChI is InChI=1S/C22H25NO5/c24-21(13-18-2-1-3-19(12-18)22(25)26)23-14-16-4-6-17(7-5-16)15-28-20-8-10-27-11-9-20/h1-7,12,20H,8-11,13-15H2,(H,23,24)(H,25,26). The summed E-state index contributed by atoms with van der Waals surface area (Å²) >= 11 is 0. The van der Waals surface area contributed by atoms with Crippen molar-refractivity contribution in [3.05, 3.63) is 70.8 Å². The highest BCUT2D eigenvalue weighted by molar-refractivity contribution is 5.88. The highest BCUT2D eigenvalue weighted by Gasteiger charge is 2.14. The zero-order chi connectivity index (χ0) is 19.8. The molecule has 2 N–H and O–H groups in total. The molecule has 3 rings (SSSR count). The van der Waals surface area contributed by atoms with Gasteiger partial charge in [0.1, 0.15) is 0 Å². The van der Waals surface area contributed by atoms with Crippen molar-refractivity contribution in [3.8, 4) is 0 Å². The Balaban J connectivity index is 1.43. The number of carbonyl (C=O) groups is 2. The van der Waals surface area contributed by atoms with Crippen LogP contribution in [0.4, 0.5) is 0 Å². The van der Waals surface area contributed by atoms with Crippen LogP contribution >= 0.6 is 0 Å². The van der Waals surface area contributed by atoms with Gasteiger partial charge in [-0.2, -0.15) is 0 Å². The number of rotatable bonds is 8. The maximum absolute atomic E-state index is 12.1. The van der Waals surface area contributed by atoms with Gasteiger partial charge >= 0.3 is 5.97 Å². The first-order valence-electron chi connectivity index (χ1n) is 9.46. The van der Waals surface area contributed by atoms with Crippen LogP contribution in [0.2, 0.25) is 0 Å². The van der Waals surface area contributed by atoms with Crippen molar-refractivity contribution in [1.82, 2.24) is 5.32 Å². The fourth-order valence-electron chi connectivity index (χ4n) is 3.07. The minimum absolute atomic E-state index is 0.144. The van der Waals surface area contributed by atoms with Crippen LogP contribution in [-0.4, -0.2) is 36.3 Å². The summed E-state index contributed by atoms with van der Waals surface area (Å²) < 4.78 is 11.2. The zero-order valence-corrected chi connectivity index (χ0v) is 15.7. The first kappa shape index (κ1) is 20.0. The summed E-state index contributed by atoms with van der Waals surface area (Å²) in [6, 6.07) is 14.4. The Hall–Kier alpha value is -2.70. The number of amides is 1. The second-order valence-corrected chi connectivity index (χ2v) is 6.90. The van der Waals surface area contributed by atoms with E-state index in [2.05, 4.69) is 5.32 Å². The maximum atomic E-state index is 12.1. The van der Waals surface area contributed by atoms with Crippen LogP contribution < -0.4 is 5.32 Å². The molecule has 148 valence electrons. The summed E-state index contributed by atoms with van der Waals surface area (Å²) in [5.41, 5.74) is 2.97. The summed E-state index contributed by atoms with van der Waals surface area (Å²) in [4.78, 5) is 23.1. The Bertz CT molecular complexity index is 797. The van der Waals surface area contributed by atoms with E-state index >= 15 is 0 Å². The van der Waals surface area contributed by atoms with Gasteiger partial charge in [-0.3, -0.25) is 4.79 Å². The molecule has 1 aliphatic rings. The normalized spacial score (nSPS) is 14.6. The van der Waals surface area contributed by atoms with E-state index in [1.165, 1.54) is 12.1 Å². The van der Waals surface area contributed by atoms with Crippen LogP contribution in [0.25, 0.3) is 0 Å². The van der Waals surface area contributed by atoms with Crippen molar-refractivity contribution in [3.63, 3.8) is 0 Å². The second-order valence-electron chi connectivity index (χ2n) is 6.90. The minimum Gasteiger partial charge on any atom is -0.478 e. The largest absolute Gasteiger partial charge is 0.478 e. The predicted molar refractivity (Wildman–Crippen MR) is 104 cm³/mol. The number of hydrogen-bond acceptors (Lipinski definition) is 4. The lowest BCUT2D eigenvalue weighted by Crippen LogP contribution is -2.24. The lowest BCUT2D eigenvalue weighted by Gasteiger charge is -2.22. The Morgan fingerprint density at radius 3 is 2.46 bits per heavy atom. The molecule has 0 atom stereocenters. The number of nitrogens with one attached hydrogen (secondary N) is 1. The summed E-state index contributed by atoms with van der Waals surface area (Å²) in [5, 5.41) is 11.9. The molecule has 0 radical (unpaired) electrons. The predicted octanol–water partition coefficient (Wildman–Crippen LogP) is 2.94. The summed E-state index contributed by atoms with van der Waals surface area (Å²) in [5.74, 6) is -1.14. The molecule has 0 bridgehead atoms. The van der Waals surface area contributed by atoms with Gasteiger partial charge in [-0.1, -0.05) is 36.4 Å². The number of carboxylic acid groups (broad SMARTS) is 1. The Morgan fingerprint density at radius 2 is 1.75 bits per heavy atom. The summed E-state index contributed by atoms with van der Waals surface area (Å²) in [6.45, 7) is 2.55. The van der Waals surface area contributed by atoms with Crippen molar-refractivity contribution < 1.29 is 24.2 Å². The molecule has 1 amide bonds. The molecule has 6 nitrogen and oxygen atoms in total. The van der Waals surface area contributed by atoms with Crippen LogP contribution in [0.1, 0.15) is 39.9 Å². The Labute approximate surface area is 164 Å². The molecule has 0 aliphatic carbocycles. The minimum atomic E-state index is -0.997. The van der Waals surface area contributed by atoms with Gasteiger partial charge in [-0.15, -0.1) is 0 Å². The average molecular weight is 383 g/mol. The first-order chi connectivity index (χ1) is 13.6. The van der Waals surface area contributed by atoms with Gasteiger partial charge in [-0.25, -0.2) is 4.79 Å². The lowest BCUT2D eigenvalue weighted by molar-refractivity contribution is -0.120. The topological polar surface area (TPSA) is 84.9 Å². The van der Waals surface area contributed by atoms with Gasteiger partial charge in [0.2, 0.25) is 5.91 Å². The molecule has 0 unspecified atom stereocenters. The quantitative estimate of drug-likeness (QED) is 0.732. The van der Waals surface area contributed by atoms with Crippen molar-refractivity contribution in [2.45, 2.75) is 38.5 Å². The zero-order valence-electron chi connectivity index (χ0n) is 15.7. The van der Waals surface area contributed by atoms with Crippen LogP contribution in [0.5, 0.6) is 0 Å². The highest BCUT2D eigenvalue weighted by atomic mass is 16.5. The SMILES string of the molecule is O=C(Cc1cccc(C(=O)O)c1)NCc1ccc(COC2CCOCC2)cc1. The Kier molecular flexibility index (Phi) is 7.17. The van der Waals surface area contributed by atoms with Crippen molar-refractivity contribution in [2.75, 3.05) is 13.2 Å². The van der Waals surface area contributed by atoms with E-state index in [4.69, 9.17) is 14.6 Å². The molecule has 28 heavy (non-hydrogen) atoms. The number of ether oxygens (including phenoxy) is 2. The van der Waals surface area contributed by atoms with Crippen LogP contribution in [0, 0.1) is 0 Å². The lowest BCUT2D eigenvalue weighted by atomic mass is 10.1. The van der Waals surface area contributed by atoms with Gasteiger partial charge < -0.3 is 19.9 Å². The molecule has 0 aromatic heterocycles. The fourth-order valence-corrected chi connectivity index (χ4v) is 3.07. The third-order valence-corrected chi connectivity index (χ3v) is 4.71. The van der Waals surface area contributed by atoms with Gasteiger partial charge in [0.15, 0.2) is 0 Å². The van der Waals surface area contributed by atoms with Crippen molar-refractivity contribution in [2.24, 2.45) is 0 Å². The molecular formula is C22H25NO5. The van der Waals surface area contributed by atoms with E-state index in [0.717, 1.165) is 37.2 Å². The van der Waals surface area contributed by atoms with E-state index in [1.54, 1.807) is 12.1 Å². The first-order valence-corrected chi connectivity index (χ1v) is 9.46. The van der Waals surface area contributed by atoms with Crippen LogP contribution in [-0.2, 0) is 33.8 Å². The van der Waals surface area contributed by atoms with Crippen LogP contribution in [0.3, 0.4) is 0 Å². The van der Waals surface area contributed by atoms with E-state index in [0.29, 0.717) is 18.7 Å². The average Bonchev–Trinajstić information content (AvgIpc) is 2.72. The maximum Gasteiger partial charge on any atom is 0.335 e. The highest BCUT2D eigenvalue weighted by Crippen LogP contribution is 2.14. The Morgan fingerprint density at radius 1 is 1.04 bits per heavy atom. The molecule has 1 saturated heterocycles. The number of carboxylic acids is 1. The van der Waals surface area contributed by atoms with E-state index < -0.39 is 5.97 Å². The van der Waals surface area contributed by atoms with E-state index in [9.17, 15) is 9.59 Å².